The fourth-order valence-corrected chi connectivity index (χ4v) is 0.930. The van der Waals surface area contributed by atoms with Crippen molar-refractivity contribution in [2.24, 2.45) is 0 Å². The Morgan fingerprint density at radius 1 is 1.47 bits per heavy atom. The first kappa shape index (κ1) is 10.7. The molecule has 0 aromatic heterocycles. The fourth-order valence-electron chi connectivity index (χ4n) is 0.930. The van der Waals surface area contributed by atoms with Crippen LogP contribution in [0.4, 0.5) is 4.39 Å². The summed E-state index contributed by atoms with van der Waals surface area (Å²) in [5, 5.41) is 16.8. The van der Waals surface area contributed by atoms with Crippen molar-refractivity contribution in [1.82, 2.24) is 0 Å². The van der Waals surface area contributed by atoms with Gasteiger partial charge in [-0.3, -0.25) is 4.79 Å². The van der Waals surface area contributed by atoms with Crippen LogP contribution in [0.25, 0.3) is 0 Å². The van der Waals surface area contributed by atoms with Crippen LogP contribution in [0.2, 0.25) is 0 Å². The molecule has 0 aliphatic heterocycles. The first-order valence-electron chi connectivity index (χ1n) is 4.04. The third-order valence-electron chi connectivity index (χ3n) is 1.58. The summed E-state index contributed by atoms with van der Waals surface area (Å²) in [5.74, 6) is 2.88. The predicted octanol–water partition coefficient (Wildman–Crippen LogP) is 1.52. The van der Waals surface area contributed by atoms with Gasteiger partial charge >= 0.3 is 5.97 Å². The summed E-state index contributed by atoms with van der Waals surface area (Å²) < 4.78 is 13.3. The normalized spacial score (nSPS) is 8.53. The molecular weight excluding hydrogens is 197 g/mol. The molecule has 1 aromatic carbocycles. The molecule has 0 fully saturated rings. The Labute approximate surface area is 85.8 Å². The van der Waals surface area contributed by atoms with E-state index in [-0.39, 0.29) is 17.5 Å². The first-order valence-corrected chi connectivity index (χ1v) is 4.04. The summed E-state index contributed by atoms with van der Waals surface area (Å²) in [6.45, 7) is 0. The van der Waals surface area contributed by atoms with E-state index in [4.69, 9.17) is 10.4 Å². The van der Waals surface area contributed by atoms with E-state index in [2.05, 4.69) is 11.8 Å². The Kier molecular flexibility index (Phi) is 3.43. The monoisotopic (exact) mass is 203 g/mol. The number of benzene rings is 1. The molecule has 15 heavy (non-hydrogen) atoms. The number of rotatable bonds is 1. The van der Waals surface area contributed by atoms with Crippen LogP contribution < -0.4 is 0 Å². The second-order valence-electron chi connectivity index (χ2n) is 2.65. The van der Waals surface area contributed by atoms with Gasteiger partial charge in [0.25, 0.3) is 0 Å². The van der Waals surface area contributed by atoms with E-state index in [1.54, 1.807) is 6.07 Å². The Balaban J connectivity index is 3.00. The molecule has 0 atom stereocenters. The molecule has 0 aliphatic carbocycles. The van der Waals surface area contributed by atoms with Gasteiger partial charge in [-0.15, -0.1) is 0 Å². The smallest absolute Gasteiger partial charge is 0.315 e. The van der Waals surface area contributed by atoms with E-state index >= 15 is 0 Å². The van der Waals surface area contributed by atoms with Crippen molar-refractivity contribution in [3.63, 3.8) is 0 Å². The van der Waals surface area contributed by atoms with Gasteiger partial charge in [0.05, 0.1) is 11.1 Å². The number of carbonyl (C=O) groups is 1. The molecule has 0 heterocycles. The zero-order valence-electron chi connectivity index (χ0n) is 7.62. The van der Waals surface area contributed by atoms with Crippen LogP contribution in [0.5, 0.6) is 0 Å². The Bertz CT molecular complexity index is 492. The maximum Gasteiger partial charge on any atom is 0.315 e. The van der Waals surface area contributed by atoms with E-state index < -0.39 is 11.8 Å². The molecule has 1 aromatic rings. The van der Waals surface area contributed by atoms with Crippen LogP contribution in [0.3, 0.4) is 0 Å². The second-order valence-corrected chi connectivity index (χ2v) is 2.65. The van der Waals surface area contributed by atoms with Crippen molar-refractivity contribution >= 4 is 5.97 Å². The standard InChI is InChI=1S/C11H6FNO2/c12-11-8(4-2-6-10(14)15)3-1-5-9(11)7-13/h1,3,5H,6H2,(H,14,15). The average Bonchev–Trinajstić information content (AvgIpc) is 2.20. The summed E-state index contributed by atoms with van der Waals surface area (Å²) in [5.41, 5.74) is -0.0626. The van der Waals surface area contributed by atoms with Crippen LogP contribution in [0.1, 0.15) is 17.5 Å². The molecule has 0 saturated carbocycles. The SMILES string of the molecule is N#Cc1cccc(C#CCC(=O)O)c1F. The summed E-state index contributed by atoms with van der Waals surface area (Å²) in [6.07, 6.45) is -0.351. The molecule has 74 valence electrons. The quantitative estimate of drug-likeness (QED) is 0.704. The van der Waals surface area contributed by atoms with Gasteiger partial charge in [-0.05, 0) is 12.1 Å². The number of aliphatic carboxylic acids is 1. The molecule has 1 rings (SSSR count). The highest BCUT2D eigenvalue weighted by molar-refractivity contribution is 5.70. The third-order valence-corrected chi connectivity index (χ3v) is 1.58. The van der Waals surface area contributed by atoms with Crippen molar-refractivity contribution in [3.8, 4) is 17.9 Å². The number of carboxylic acids is 1. The molecular formula is C11H6FNO2. The van der Waals surface area contributed by atoms with Crippen LogP contribution in [-0.2, 0) is 4.79 Å². The number of halogens is 1. The fraction of sp³-hybridized carbons (Fsp3) is 0.0909. The molecule has 0 amide bonds. The minimum absolute atomic E-state index is 0.0373. The van der Waals surface area contributed by atoms with E-state index in [0.717, 1.165) is 0 Å². The van der Waals surface area contributed by atoms with Crippen molar-refractivity contribution in [2.75, 3.05) is 0 Å². The molecule has 0 saturated heterocycles. The van der Waals surface area contributed by atoms with Gasteiger partial charge in [0.2, 0.25) is 0 Å². The largest absolute Gasteiger partial charge is 0.481 e. The Morgan fingerprint density at radius 2 is 2.13 bits per heavy atom. The molecule has 0 radical (unpaired) electrons. The Morgan fingerprint density at radius 3 is 2.73 bits per heavy atom. The summed E-state index contributed by atoms with van der Waals surface area (Å²) >= 11 is 0. The van der Waals surface area contributed by atoms with Gasteiger partial charge < -0.3 is 5.11 Å². The maximum atomic E-state index is 13.3. The minimum Gasteiger partial charge on any atom is -0.481 e. The average molecular weight is 203 g/mol. The first-order chi connectivity index (χ1) is 7.15. The van der Waals surface area contributed by atoms with Gasteiger partial charge in [-0.25, -0.2) is 4.39 Å². The maximum absolute atomic E-state index is 13.3. The third kappa shape index (κ3) is 2.82. The lowest BCUT2D eigenvalue weighted by molar-refractivity contribution is -0.135. The number of nitriles is 1. The lowest BCUT2D eigenvalue weighted by atomic mass is 10.1. The van der Waals surface area contributed by atoms with E-state index in [0.29, 0.717) is 0 Å². The Hall–Kier alpha value is -2.33. The van der Waals surface area contributed by atoms with Gasteiger partial charge in [-0.2, -0.15) is 5.26 Å². The molecule has 0 unspecified atom stereocenters. The molecule has 0 spiro atoms. The number of nitrogens with zero attached hydrogens (tertiary/aromatic N) is 1. The number of hydrogen-bond donors (Lipinski definition) is 1. The highest BCUT2D eigenvalue weighted by Gasteiger charge is 2.04. The van der Waals surface area contributed by atoms with Gasteiger partial charge in [-0.1, -0.05) is 17.9 Å². The molecule has 1 N–H and O–H groups in total. The van der Waals surface area contributed by atoms with E-state index in [1.165, 1.54) is 18.2 Å². The van der Waals surface area contributed by atoms with Crippen LogP contribution in [-0.4, -0.2) is 11.1 Å². The van der Waals surface area contributed by atoms with Crippen LogP contribution in [0.15, 0.2) is 18.2 Å². The van der Waals surface area contributed by atoms with Crippen molar-refractivity contribution in [1.29, 1.82) is 5.26 Å². The highest BCUT2D eigenvalue weighted by Crippen LogP contribution is 2.10. The summed E-state index contributed by atoms with van der Waals surface area (Å²) in [6, 6.07) is 5.89. The van der Waals surface area contributed by atoms with Gasteiger partial charge in [0.1, 0.15) is 12.5 Å². The zero-order chi connectivity index (χ0) is 11.3. The molecule has 0 bridgehead atoms. The topological polar surface area (TPSA) is 61.1 Å². The minimum atomic E-state index is -1.07. The lowest BCUT2D eigenvalue weighted by Crippen LogP contribution is -1.92. The molecule has 0 aliphatic rings. The number of hydrogen-bond acceptors (Lipinski definition) is 2. The molecule has 3 nitrogen and oxygen atoms in total. The zero-order valence-corrected chi connectivity index (χ0v) is 7.62. The number of carboxylic acid groups (broad SMARTS) is 1. The van der Waals surface area contributed by atoms with Gasteiger partial charge in [0, 0.05) is 0 Å². The van der Waals surface area contributed by atoms with E-state index in [9.17, 15) is 9.18 Å². The van der Waals surface area contributed by atoms with Crippen LogP contribution in [0, 0.1) is 29.0 Å². The molecule has 4 heteroatoms. The van der Waals surface area contributed by atoms with Crippen molar-refractivity contribution < 1.29 is 14.3 Å². The van der Waals surface area contributed by atoms with Crippen LogP contribution >= 0.6 is 0 Å². The second kappa shape index (κ2) is 4.78. The summed E-state index contributed by atoms with van der Waals surface area (Å²) in [7, 11) is 0. The predicted molar refractivity (Wildman–Crippen MR) is 50.2 cm³/mol. The van der Waals surface area contributed by atoms with Crippen molar-refractivity contribution in [2.45, 2.75) is 6.42 Å². The van der Waals surface area contributed by atoms with Gasteiger partial charge in [0.15, 0.2) is 5.82 Å². The van der Waals surface area contributed by atoms with E-state index in [1.807, 2.05) is 0 Å². The lowest BCUT2D eigenvalue weighted by Gasteiger charge is -1.94. The summed E-state index contributed by atoms with van der Waals surface area (Å²) in [4.78, 5) is 10.1. The highest BCUT2D eigenvalue weighted by atomic mass is 19.1. The van der Waals surface area contributed by atoms with Crippen molar-refractivity contribution in [3.05, 3.63) is 35.1 Å².